The van der Waals surface area contributed by atoms with E-state index in [2.05, 4.69) is 22.0 Å². The van der Waals surface area contributed by atoms with E-state index in [0.717, 1.165) is 11.5 Å². The maximum Gasteiger partial charge on any atom is 0.254 e. The maximum absolute atomic E-state index is 12.7. The van der Waals surface area contributed by atoms with Gasteiger partial charge in [0.05, 0.1) is 6.54 Å². The van der Waals surface area contributed by atoms with Crippen LogP contribution in [0.3, 0.4) is 0 Å². The highest BCUT2D eigenvalue weighted by Gasteiger charge is 2.36. The minimum atomic E-state index is -0.0958. The fourth-order valence-corrected chi connectivity index (χ4v) is 2.93. The Morgan fingerprint density at radius 2 is 2.24 bits per heavy atom. The van der Waals surface area contributed by atoms with Gasteiger partial charge in [-0.15, -0.1) is 0 Å². The van der Waals surface area contributed by atoms with Gasteiger partial charge < -0.3 is 9.32 Å². The van der Waals surface area contributed by atoms with E-state index < -0.39 is 0 Å². The molecule has 128 valence electrons. The first-order valence-electron chi connectivity index (χ1n) is 8.27. The lowest BCUT2D eigenvalue weighted by Crippen LogP contribution is -2.26. The molecular weight excluding hydrogens is 318 g/mol. The van der Waals surface area contributed by atoms with E-state index >= 15 is 0 Å². The Balaban J connectivity index is 1.47. The van der Waals surface area contributed by atoms with Gasteiger partial charge in [-0.05, 0) is 36.6 Å². The molecule has 0 saturated heterocycles. The van der Waals surface area contributed by atoms with Crippen molar-refractivity contribution < 1.29 is 9.21 Å². The highest BCUT2D eigenvalue weighted by Crippen LogP contribution is 2.47. The highest BCUT2D eigenvalue weighted by atomic mass is 16.3. The molecule has 7 heteroatoms. The molecule has 3 aromatic heterocycles. The molecule has 3 aromatic rings. The van der Waals surface area contributed by atoms with Crippen molar-refractivity contribution in [3.05, 3.63) is 60.2 Å². The molecule has 1 aliphatic rings. The Kier molecular flexibility index (Phi) is 3.83. The summed E-state index contributed by atoms with van der Waals surface area (Å²) < 4.78 is 7.41. The van der Waals surface area contributed by atoms with Gasteiger partial charge in [0.15, 0.2) is 5.82 Å². The number of amides is 1. The Hall–Kier alpha value is -2.96. The third kappa shape index (κ3) is 3.17. The third-order valence-electron chi connectivity index (χ3n) is 4.54. The van der Waals surface area contributed by atoms with Gasteiger partial charge in [0, 0.05) is 24.7 Å². The number of aromatic nitrogens is 4. The van der Waals surface area contributed by atoms with Crippen molar-refractivity contribution in [2.75, 3.05) is 7.05 Å². The monoisotopic (exact) mass is 337 g/mol. The number of rotatable bonds is 5. The number of pyridine rings is 1. The Bertz CT molecular complexity index is 887. The topological polar surface area (TPSA) is 77.1 Å². The molecule has 1 aliphatic carbocycles. The molecule has 0 aromatic carbocycles. The van der Waals surface area contributed by atoms with Crippen LogP contribution < -0.4 is 0 Å². The standard InChI is InChI=1S/C18H19N5O2/c1-12-7-15(12)16-4-3-14(25-16)9-22(2)18(24)13-5-6-20-17(8-13)23-11-19-10-21-23/h3-6,8,10-12,15H,7,9H2,1-2H3/t12-,15+/m0/s1. The zero-order valence-corrected chi connectivity index (χ0v) is 14.2. The molecule has 0 aliphatic heterocycles. The summed E-state index contributed by atoms with van der Waals surface area (Å²) in [6.45, 7) is 2.65. The van der Waals surface area contributed by atoms with E-state index in [9.17, 15) is 4.79 Å². The molecule has 25 heavy (non-hydrogen) atoms. The van der Waals surface area contributed by atoms with E-state index in [1.54, 1.807) is 36.6 Å². The van der Waals surface area contributed by atoms with Gasteiger partial charge in [-0.3, -0.25) is 4.79 Å². The smallest absolute Gasteiger partial charge is 0.254 e. The molecule has 0 N–H and O–H groups in total. The molecule has 0 bridgehead atoms. The van der Waals surface area contributed by atoms with E-state index in [-0.39, 0.29) is 5.91 Å². The summed E-state index contributed by atoms with van der Waals surface area (Å²) in [5.41, 5.74) is 0.547. The van der Waals surface area contributed by atoms with Crippen LogP contribution in [0.4, 0.5) is 0 Å². The average molecular weight is 337 g/mol. The molecule has 3 heterocycles. The molecule has 1 saturated carbocycles. The number of hydrogen-bond acceptors (Lipinski definition) is 5. The van der Waals surface area contributed by atoms with E-state index in [4.69, 9.17) is 4.42 Å². The SMILES string of the molecule is C[C@H]1C[C@H]1c1ccc(CN(C)C(=O)c2ccnc(-n3cncn3)c2)o1. The average Bonchev–Trinajstić information content (AvgIpc) is 3.05. The zero-order valence-electron chi connectivity index (χ0n) is 14.2. The molecule has 4 rings (SSSR count). The molecule has 1 amide bonds. The van der Waals surface area contributed by atoms with Crippen molar-refractivity contribution in [3.63, 3.8) is 0 Å². The molecule has 0 spiro atoms. The predicted molar refractivity (Wildman–Crippen MR) is 90.2 cm³/mol. The molecule has 7 nitrogen and oxygen atoms in total. The Labute approximate surface area is 145 Å². The van der Waals surface area contributed by atoms with Crippen LogP contribution in [0.15, 0.2) is 47.5 Å². The number of furan rings is 1. The molecule has 1 fully saturated rings. The van der Waals surface area contributed by atoms with Crippen molar-refractivity contribution >= 4 is 5.91 Å². The Morgan fingerprint density at radius 3 is 2.96 bits per heavy atom. The van der Waals surface area contributed by atoms with Crippen molar-refractivity contribution in [2.45, 2.75) is 25.8 Å². The minimum absolute atomic E-state index is 0.0958. The first kappa shape index (κ1) is 15.6. The first-order valence-corrected chi connectivity index (χ1v) is 8.27. The fraction of sp³-hybridized carbons (Fsp3) is 0.333. The summed E-state index contributed by atoms with van der Waals surface area (Å²) in [7, 11) is 1.76. The summed E-state index contributed by atoms with van der Waals surface area (Å²) in [4.78, 5) is 22.4. The number of hydrogen-bond donors (Lipinski definition) is 0. The van der Waals surface area contributed by atoms with Crippen LogP contribution in [0.5, 0.6) is 0 Å². The predicted octanol–water partition coefficient (Wildman–Crippen LogP) is 2.65. The summed E-state index contributed by atoms with van der Waals surface area (Å²) in [6.07, 6.45) is 5.75. The van der Waals surface area contributed by atoms with Gasteiger partial charge in [0.25, 0.3) is 5.91 Å². The van der Waals surface area contributed by atoms with E-state index in [1.807, 2.05) is 12.1 Å². The second kappa shape index (κ2) is 6.16. The van der Waals surface area contributed by atoms with Crippen molar-refractivity contribution in [3.8, 4) is 5.82 Å². The van der Waals surface area contributed by atoms with Crippen molar-refractivity contribution in [1.82, 2.24) is 24.6 Å². The van der Waals surface area contributed by atoms with Gasteiger partial charge in [-0.1, -0.05) is 6.92 Å². The van der Waals surface area contributed by atoms with E-state index in [1.165, 1.54) is 17.4 Å². The quantitative estimate of drug-likeness (QED) is 0.715. The van der Waals surface area contributed by atoms with Crippen molar-refractivity contribution in [1.29, 1.82) is 0 Å². The second-order valence-corrected chi connectivity index (χ2v) is 6.53. The molecular formula is C18H19N5O2. The lowest BCUT2D eigenvalue weighted by molar-refractivity contribution is 0.0774. The largest absolute Gasteiger partial charge is 0.464 e. The summed E-state index contributed by atoms with van der Waals surface area (Å²) in [6, 6.07) is 7.38. The van der Waals surface area contributed by atoms with Crippen LogP contribution in [0.1, 0.15) is 41.1 Å². The minimum Gasteiger partial charge on any atom is -0.464 e. The molecule has 2 atom stereocenters. The van der Waals surface area contributed by atoms with Crippen LogP contribution in [0, 0.1) is 5.92 Å². The van der Waals surface area contributed by atoms with Gasteiger partial charge >= 0.3 is 0 Å². The lowest BCUT2D eigenvalue weighted by atomic mass is 10.2. The number of carbonyl (C=O) groups is 1. The second-order valence-electron chi connectivity index (χ2n) is 6.53. The van der Waals surface area contributed by atoms with Crippen LogP contribution >= 0.6 is 0 Å². The van der Waals surface area contributed by atoms with Gasteiger partial charge in [0.2, 0.25) is 0 Å². The summed E-state index contributed by atoms with van der Waals surface area (Å²) >= 11 is 0. The van der Waals surface area contributed by atoms with Crippen LogP contribution in [-0.2, 0) is 6.54 Å². The van der Waals surface area contributed by atoms with Crippen LogP contribution in [0.25, 0.3) is 5.82 Å². The van der Waals surface area contributed by atoms with Crippen LogP contribution in [-0.4, -0.2) is 37.6 Å². The van der Waals surface area contributed by atoms with Crippen LogP contribution in [0.2, 0.25) is 0 Å². The van der Waals surface area contributed by atoms with Gasteiger partial charge in [-0.2, -0.15) is 5.10 Å². The third-order valence-corrected chi connectivity index (χ3v) is 4.54. The summed E-state index contributed by atoms with van der Waals surface area (Å²) in [5.74, 6) is 3.53. The van der Waals surface area contributed by atoms with Gasteiger partial charge in [-0.25, -0.2) is 14.6 Å². The fourth-order valence-electron chi connectivity index (χ4n) is 2.93. The zero-order chi connectivity index (χ0) is 17.4. The lowest BCUT2D eigenvalue weighted by Gasteiger charge is -2.16. The normalized spacial score (nSPS) is 19.0. The molecule has 0 unspecified atom stereocenters. The maximum atomic E-state index is 12.7. The van der Waals surface area contributed by atoms with Crippen molar-refractivity contribution in [2.24, 2.45) is 5.92 Å². The number of carbonyl (C=O) groups excluding carboxylic acids is 1. The summed E-state index contributed by atoms with van der Waals surface area (Å²) in [5, 5.41) is 4.03. The number of nitrogens with zero attached hydrogens (tertiary/aromatic N) is 5. The first-order chi connectivity index (χ1) is 12.1. The van der Waals surface area contributed by atoms with Gasteiger partial charge in [0.1, 0.15) is 24.2 Å². The highest BCUT2D eigenvalue weighted by molar-refractivity contribution is 5.94. The van der Waals surface area contributed by atoms with E-state index in [0.29, 0.717) is 29.8 Å². The Morgan fingerprint density at radius 1 is 1.40 bits per heavy atom. The molecule has 0 radical (unpaired) electrons.